The van der Waals surface area contributed by atoms with Gasteiger partial charge in [0.05, 0.1) is 0 Å². The number of hydrogen-bond acceptors (Lipinski definition) is 6. The van der Waals surface area contributed by atoms with Gasteiger partial charge in [0.2, 0.25) is 0 Å². The van der Waals surface area contributed by atoms with Crippen LogP contribution in [0.3, 0.4) is 0 Å². The van der Waals surface area contributed by atoms with Gasteiger partial charge in [-0.2, -0.15) is 0 Å². The van der Waals surface area contributed by atoms with Crippen LogP contribution in [0.4, 0.5) is 0 Å². The van der Waals surface area contributed by atoms with Crippen molar-refractivity contribution >= 4 is 17.9 Å². The highest BCUT2D eigenvalue weighted by atomic mass is 16.6. The van der Waals surface area contributed by atoms with Crippen molar-refractivity contribution in [2.75, 3.05) is 13.2 Å². The number of hydrogen-bond donors (Lipinski definition) is 0. The highest BCUT2D eigenvalue weighted by Gasteiger charge is 2.19. The molecule has 0 amide bonds. The molecule has 0 saturated heterocycles. The zero-order valence-corrected chi connectivity index (χ0v) is 55.0. The third kappa shape index (κ3) is 67.9. The maximum absolute atomic E-state index is 12.9. The number of carbonyl (C=O) groups excluding carboxylic acids is 3. The van der Waals surface area contributed by atoms with Crippen LogP contribution in [0.15, 0.2) is 60.8 Å². The Bertz CT molecular complexity index is 1460. The van der Waals surface area contributed by atoms with Crippen LogP contribution >= 0.6 is 0 Å². The van der Waals surface area contributed by atoms with Gasteiger partial charge in [0.1, 0.15) is 13.2 Å². The molecule has 0 N–H and O–H groups in total. The van der Waals surface area contributed by atoms with Crippen LogP contribution in [0.2, 0.25) is 0 Å². The average molecular weight is 1150 g/mol. The molecule has 478 valence electrons. The van der Waals surface area contributed by atoms with Gasteiger partial charge in [-0.3, -0.25) is 14.4 Å². The highest BCUT2D eigenvalue weighted by molar-refractivity contribution is 5.71. The number of unbranched alkanes of at least 4 members (excludes halogenated alkanes) is 46. The molecular weight excluding hydrogens is 1010 g/mol. The van der Waals surface area contributed by atoms with E-state index in [1.54, 1.807) is 0 Å². The Hall–Kier alpha value is -2.89. The van der Waals surface area contributed by atoms with Crippen molar-refractivity contribution in [3.8, 4) is 0 Å². The molecule has 0 aliphatic rings. The summed E-state index contributed by atoms with van der Waals surface area (Å²) in [5, 5.41) is 0. The first-order chi connectivity index (χ1) is 40.5. The Morgan fingerprint density at radius 2 is 0.476 bits per heavy atom. The van der Waals surface area contributed by atoms with Crippen LogP contribution < -0.4 is 0 Å². The Kier molecular flexibility index (Phi) is 68.1. The van der Waals surface area contributed by atoms with E-state index in [1.165, 1.54) is 250 Å². The molecule has 0 heterocycles. The zero-order chi connectivity index (χ0) is 59.2. The van der Waals surface area contributed by atoms with E-state index in [1.807, 2.05) is 0 Å². The van der Waals surface area contributed by atoms with Crippen molar-refractivity contribution < 1.29 is 28.6 Å². The van der Waals surface area contributed by atoms with Crippen LogP contribution in [0, 0.1) is 0 Å². The van der Waals surface area contributed by atoms with Gasteiger partial charge in [0.15, 0.2) is 6.10 Å². The molecule has 0 spiro atoms. The molecule has 0 aliphatic carbocycles. The summed E-state index contributed by atoms with van der Waals surface area (Å²) in [6.07, 6.45) is 91.3. The van der Waals surface area contributed by atoms with Gasteiger partial charge in [-0.1, -0.05) is 364 Å². The third-order valence-corrected chi connectivity index (χ3v) is 16.3. The molecule has 0 rings (SSSR count). The van der Waals surface area contributed by atoms with Crippen molar-refractivity contribution in [2.45, 2.75) is 393 Å². The molecule has 6 nitrogen and oxygen atoms in total. The summed E-state index contributed by atoms with van der Waals surface area (Å²) >= 11 is 0. The summed E-state index contributed by atoms with van der Waals surface area (Å²) in [5.41, 5.74) is 0. The molecule has 82 heavy (non-hydrogen) atoms. The van der Waals surface area contributed by atoms with Crippen molar-refractivity contribution in [1.29, 1.82) is 0 Å². The van der Waals surface area contributed by atoms with E-state index in [0.29, 0.717) is 19.3 Å². The van der Waals surface area contributed by atoms with Crippen molar-refractivity contribution in [1.82, 2.24) is 0 Å². The van der Waals surface area contributed by atoms with Crippen molar-refractivity contribution in [3.05, 3.63) is 60.8 Å². The molecule has 0 fully saturated rings. The van der Waals surface area contributed by atoms with Crippen molar-refractivity contribution in [3.63, 3.8) is 0 Å². The minimum Gasteiger partial charge on any atom is -0.462 e. The fourth-order valence-corrected chi connectivity index (χ4v) is 10.9. The molecule has 0 aromatic rings. The molecular formula is C76H138O6. The molecule has 0 aliphatic heterocycles. The van der Waals surface area contributed by atoms with Gasteiger partial charge in [-0.05, 0) is 64.2 Å². The molecule has 0 aromatic carbocycles. The van der Waals surface area contributed by atoms with Crippen LogP contribution in [-0.2, 0) is 28.6 Å². The SMILES string of the molecule is CC/C=C\C/C=C\C/C=C\C/C=C\C/C=C\CCCCCCCCCC(=O)OC(COC(=O)CCCCCCCCCCCCC)COC(=O)CCCCCCCCCCCCCCCCCCCCCCCCCCCCCCCC. The van der Waals surface area contributed by atoms with Gasteiger partial charge in [-0.25, -0.2) is 0 Å². The van der Waals surface area contributed by atoms with Crippen LogP contribution in [0.1, 0.15) is 387 Å². The zero-order valence-electron chi connectivity index (χ0n) is 55.0. The Morgan fingerprint density at radius 1 is 0.256 bits per heavy atom. The number of esters is 3. The Labute approximate surface area is 510 Å². The van der Waals surface area contributed by atoms with Gasteiger partial charge in [-0.15, -0.1) is 0 Å². The average Bonchev–Trinajstić information content (AvgIpc) is 3.48. The second kappa shape index (κ2) is 70.6. The maximum Gasteiger partial charge on any atom is 0.306 e. The van der Waals surface area contributed by atoms with Gasteiger partial charge < -0.3 is 14.2 Å². The lowest BCUT2D eigenvalue weighted by molar-refractivity contribution is -0.167. The van der Waals surface area contributed by atoms with Crippen LogP contribution in [0.25, 0.3) is 0 Å². The number of carbonyl (C=O) groups is 3. The first kappa shape index (κ1) is 79.1. The first-order valence-electron chi connectivity index (χ1n) is 36.3. The maximum atomic E-state index is 12.9. The third-order valence-electron chi connectivity index (χ3n) is 16.3. The fourth-order valence-electron chi connectivity index (χ4n) is 10.9. The minimum absolute atomic E-state index is 0.0739. The lowest BCUT2D eigenvalue weighted by Crippen LogP contribution is -2.30. The summed E-state index contributed by atoms with van der Waals surface area (Å²) in [5.74, 6) is -0.862. The van der Waals surface area contributed by atoms with E-state index >= 15 is 0 Å². The summed E-state index contributed by atoms with van der Waals surface area (Å²) in [4.78, 5) is 38.4. The van der Waals surface area contributed by atoms with Gasteiger partial charge >= 0.3 is 17.9 Å². The van der Waals surface area contributed by atoms with E-state index in [9.17, 15) is 14.4 Å². The summed E-state index contributed by atoms with van der Waals surface area (Å²) in [6, 6.07) is 0. The first-order valence-corrected chi connectivity index (χ1v) is 36.3. The highest BCUT2D eigenvalue weighted by Crippen LogP contribution is 2.19. The lowest BCUT2D eigenvalue weighted by Gasteiger charge is -2.18. The lowest BCUT2D eigenvalue weighted by atomic mass is 10.0. The number of allylic oxidation sites excluding steroid dienone is 10. The second-order valence-corrected chi connectivity index (χ2v) is 24.5. The molecule has 0 radical (unpaired) electrons. The summed E-state index contributed by atoms with van der Waals surface area (Å²) in [7, 11) is 0. The second-order valence-electron chi connectivity index (χ2n) is 24.5. The van der Waals surface area contributed by atoms with Crippen LogP contribution in [-0.4, -0.2) is 37.2 Å². The fraction of sp³-hybridized carbons (Fsp3) is 0.829. The standard InChI is InChI=1S/C76H138O6/c1-4-7-10-13-16-19-22-24-26-28-30-32-34-35-36-37-38-39-40-42-43-45-47-49-51-54-57-60-63-66-69-75(78)81-72-73(71-80-74(77)68-65-62-59-56-53-21-18-15-12-9-6-3)82-76(79)70-67-64-61-58-55-52-50-48-46-44-41-33-31-29-27-25-23-20-17-14-11-8-5-2/h8,11,17,20,25,27,31,33,44,46,73H,4-7,9-10,12-16,18-19,21-24,26,28-30,32,34-43,45,47-72H2,1-3H3/b11-8-,20-17-,27-25-,33-31-,46-44-. The summed E-state index contributed by atoms with van der Waals surface area (Å²) in [6.45, 7) is 6.57. The van der Waals surface area contributed by atoms with E-state index in [2.05, 4.69) is 81.5 Å². The molecule has 0 bridgehead atoms. The van der Waals surface area contributed by atoms with Crippen LogP contribution in [0.5, 0.6) is 0 Å². The van der Waals surface area contributed by atoms with E-state index in [-0.39, 0.29) is 31.1 Å². The number of ether oxygens (including phenoxy) is 3. The Morgan fingerprint density at radius 3 is 0.744 bits per heavy atom. The monoisotopic (exact) mass is 1150 g/mol. The Balaban J connectivity index is 4.16. The molecule has 6 heteroatoms. The molecule has 1 atom stereocenters. The summed E-state index contributed by atoms with van der Waals surface area (Å²) < 4.78 is 17.0. The van der Waals surface area contributed by atoms with E-state index in [4.69, 9.17) is 14.2 Å². The quantitative estimate of drug-likeness (QED) is 0.0261. The van der Waals surface area contributed by atoms with Crippen molar-refractivity contribution in [2.24, 2.45) is 0 Å². The van der Waals surface area contributed by atoms with Gasteiger partial charge in [0, 0.05) is 19.3 Å². The predicted molar refractivity (Wildman–Crippen MR) is 358 cm³/mol. The normalized spacial score (nSPS) is 12.4. The van der Waals surface area contributed by atoms with E-state index in [0.717, 1.165) is 96.3 Å². The predicted octanol–water partition coefficient (Wildman–Crippen LogP) is 25.1. The topological polar surface area (TPSA) is 78.9 Å². The van der Waals surface area contributed by atoms with E-state index < -0.39 is 6.10 Å². The number of rotatable bonds is 67. The largest absolute Gasteiger partial charge is 0.462 e. The smallest absolute Gasteiger partial charge is 0.306 e. The molecule has 0 aromatic heterocycles. The van der Waals surface area contributed by atoms with Gasteiger partial charge in [0.25, 0.3) is 0 Å². The minimum atomic E-state index is -0.779. The molecule has 0 saturated carbocycles. The molecule has 1 unspecified atom stereocenters.